The summed E-state index contributed by atoms with van der Waals surface area (Å²) in [5.41, 5.74) is 0. The van der Waals surface area contributed by atoms with Gasteiger partial charge in [-0.15, -0.1) is 0 Å². The first-order valence-corrected chi connectivity index (χ1v) is 21.3. The van der Waals surface area contributed by atoms with Crippen LogP contribution in [0.4, 0.5) is 0 Å². The number of hydrogen-bond donors (Lipinski definition) is 1. The van der Waals surface area contributed by atoms with E-state index >= 15 is 0 Å². The van der Waals surface area contributed by atoms with E-state index in [-0.39, 0.29) is 26.2 Å². The largest absolute Gasteiger partial charge is 0.472 e. The Morgan fingerprint density at radius 1 is 0.615 bits per heavy atom. The van der Waals surface area contributed by atoms with Crippen LogP contribution in [0.2, 0.25) is 0 Å². The Balaban J connectivity index is 4.47. The van der Waals surface area contributed by atoms with E-state index in [1.54, 1.807) is 6.08 Å². The Kier molecular flexibility index (Phi) is 34.1. The van der Waals surface area contributed by atoms with Crippen molar-refractivity contribution < 1.29 is 37.3 Å². The highest BCUT2D eigenvalue weighted by molar-refractivity contribution is 7.47. The number of nitrogens with zero attached hydrogens (tertiary/aromatic N) is 1. The number of hydrogen-bond acceptors (Lipinski definition) is 6. The van der Waals surface area contributed by atoms with Crippen LogP contribution >= 0.6 is 7.82 Å². The van der Waals surface area contributed by atoms with E-state index in [9.17, 15) is 14.3 Å². The van der Waals surface area contributed by atoms with E-state index in [1.165, 1.54) is 38.5 Å². The van der Waals surface area contributed by atoms with Crippen molar-refractivity contribution in [1.29, 1.82) is 0 Å². The van der Waals surface area contributed by atoms with Crippen LogP contribution in [0.15, 0.2) is 85.1 Å². The van der Waals surface area contributed by atoms with E-state index in [0.717, 1.165) is 57.8 Å². The summed E-state index contributed by atoms with van der Waals surface area (Å²) in [5, 5.41) is 0. The van der Waals surface area contributed by atoms with Crippen molar-refractivity contribution in [3.63, 3.8) is 0 Å². The first-order chi connectivity index (χ1) is 25.1. The summed E-state index contributed by atoms with van der Waals surface area (Å²) in [6.45, 7) is 5.27. The molecule has 0 spiro atoms. The normalized spacial score (nSPS) is 14.8. The monoisotopic (exact) mass is 749 g/mol. The van der Waals surface area contributed by atoms with Crippen LogP contribution in [0.1, 0.15) is 123 Å². The molecular formula is C43H75NO7P+. The number of ether oxygens (including phenoxy) is 2. The average Bonchev–Trinajstić information content (AvgIpc) is 3.09. The van der Waals surface area contributed by atoms with Crippen molar-refractivity contribution in [2.45, 2.75) is 129 Å². The lowest BCUT2D eigenvalue weighted by Gasteiger charge is -2.24. The van der Waals surface area contributed by atoms with Gasteiger partial charge in [0.1, 0.15) is 19.3 Å². The van der Waals surface area contributed by atoms with Crippen LogP contribution in [0.3, 0.4) is 0 Å². The predicted molar refractivity (Wildman–Crippen MR) is 219 cm³/mol. The van der Waals surface area contributed by atoms with Gasteiger partial charge >= 0.3 is 13.8 Å². The lowest BCUT2D eigenvalue weighted by Crippen LogP contribution is -2.37. The lowest BCUT2D eigenvalue weighted by molar-refractivity contribution is -0.870. The summed E-state index contributed by atoms with van der Waals surface area (Å²) in [5.74, 6) is -0.449. The van der Waals surface area contributed by atoms with Crippen molar-refractivity contribution >= 4 is 13.8 Å². The Bertz CT molecular complexity index is 1100. The first kappa shape index (κ1) is 49.7. The number of likely N-dealkylation sites (N-methyl/N-ethyl adjacent to an activating group) is 1. The van der Waals surface area contributed by atoms with Crippen molar-refractivity contribution in [3.8, 4) is 0 Å². The molecule has 0 aromatic carbocycles. The lowest BCUT2D eigenvalue weighted by atomic mass is 10.1. The molecule has 2 atom stereocenters. The molecule has 0 saturated heterocycles. The second-order valence-electron chi connectivity index (χ2n) is 13.9. The molecule has 0 aliphatic rings. The van der Waals surface area contributed by atoms with Crippen molar-refractivity contribution in [3.05, 3.63) is 85.1 Å². The van der Waals surface area contributed by atoms with Gasteiger partial charge in [0.2, 0.25) is 0 Å². The van der Waals surface area contributed by atoms with Gasteiger partial charge in [-0.3, -0.25) is 13.8 Å². The van der Waals surface area contributed by atoms with Crippen LogP contribution in [-0.2, 0) is 27.9 Å². The maximum Gasteiger partial charge on any atom is 0.472 e. The van der Waals surface area contributed by atoms with Crippen LogP contribution < -0.4 is 0 Å². The number of quaternary nitrogens is 1. The SMILES string of the molecule is CC/C=C\C/C=C\C/C=C\C/C=C\C/C=C\CC(=O)OC(COCCCCCCCC/C=C\C/C=C\CCCC)COP(=O)(O)OCC[N+](C)(C)C. The second-order valence-corrected chi connectivity index (χ2v) is 15.4. The minimum Gasteiger partial charge on any atom is -0.457 e. The summed E-state index contributed by atoms with van der Waals surface area (Å²) in [4.78, 5) is 22.7. The number of phosphoric ester groups is 1. The maximum atomic E-state index is 12.6. The average molecular weight is 749 g/mol. The first-order valence-electron chi connectivity index (χ1n) is 19.8. The Labute approximate surface area is 318 Å². The minimum atomic E-state index is -4.30. The molecule has 0 heterocycles. The van der Waals surface area contributed by atoms with E-state index in [4.69, 9.17) is 18.5 Å². The molecule has 0 radical (unpaired) electrons. The maximum absolute atomic E-state index is 12.6. The summed E-state index contributed by atoms with van der Waals surface area (Å²) in [6, 6.07) is 0. The highest BCUT2D eigenvalue weighted by Gasteiger charge is 2.26. The van der Waals surface area contributed by atoms with Gasteiger partial charge < -0.3 is 18.9 Å². The summed E-state index contributed by atoms with van der Waals surface area (Å²) in [7, 11) is 1.59. The smallest absolute Gasteiger partial charge is 0.457 e. The number of carbonyl (C=O) groups excluding carboxylic acids is 1. The fourth-order valence-corrected chi connectivity index (χ4v) is 5.38. The third-order valence-corrected chi connectivity index (χ3v) is 8.71. The molecule has 0 fully saturated rings. The second kappa shape index (κ2) is 35.7. The zero-order valence-electron chi connectivity index (χ0n) is 33.5. The molecule has 0 bridgehead atoms. The summed E-state index contributed by atoms with van der Waals surface area (Å²) >= 11 is 0. The van der Waals surface area contributed by atoms with Crippen molar-refractivity contribution in [2.75, 3.05) is 54.1 Å². The Morgan fingerprint density at radius 2 is 1.12 bits per heavy atom. The molecule has 0 aromatic heterocycles. The molecule has 1 N–H and O–H groups in total. The molecule has 52 heavy (non-hydrogen) atoms. The van der Waals surface area contributed by atoms with Gasteiger partial charge in [0.25, 0.3) is 0 Å². The molecule has 2 unspecified atom stereocenters. The number of carbonyl (C=O) groups is 1. The summed E-state index contributed by atoms with van der Waals surface area (Å²) in [6.07, 6.45) is 46.4. The fraction of sp³-hybridized carbons (Fsp3) is 0.651. The molecule has 9 heteroatoms. The van der Waals surface area contributed by atoms with Gasteiger partial charge in [-0.25, -0.2) is 4.57 Å². The van der Waals surface area contributed by atoms with Gasteiger partial charge in [0, 0.05) is 6.61 Å². The molecule has 0 rings (SSSR count). The van der Waals surface area contributed by atoms with Gasteiger partial charge in [-0.05, 0) is 64.2 Å². The number of rotatable bonds is 35. The molecule has 8 nitrogen and oxygen atoms in total. The number of esters is 1. The van der Waals surface area contributed by atoms with Gasteiger partial charge in [0.15, 0.2) is 0 Å². The third-order valence-electron chi connectivity index (χ3n) is 7.72. The molecule has 298 valence electrons. The zero-order valence-corrected chi connectivity index (χ0v) is 34.4. The van der Waals surface area contributed by atoms with Crippen LogP contribution in [0, 0.1) is 0 Å². The number of phosphoric acid groups is 1. The highest BCUT2D eigenvalue weighted by atomic mass is 31.2. The van der Waals surface area contributed by atoms with Crippen molar-refractivity contribution in [1.82, 2.24) is 0 Å². The zero-order chi connectivity index (χ0) is 38.4. The molecule has 0 aliphatic heterocycles. The van der Waals surface area contributed by atoms with E-state index in [1.807, 2.05) is 27.2 Å². The third kappa shape index (κ3) is 38.9. The predicted octanol–water partition coefficient (Wildman–Crippen LogP) is 11.3. The minimum absolute atomic E-state index is 0.0653. The van der Waals surface area contributed by atoms with Gasteiger partial charge in [-0.1, -0.05) is 137 Å². The van der Waals surface area contributed by atoms with E-state index < -0.39 is 19.9 Å². The quantitative estimate of drug-likeness (QED) is 0.0227. The fourth-order valence-electron chi connectivity index (χ4n) is 4.64. The molecular weight excluding hydrogens is 673 g/mol. The molecule has 0 aromatic rings. The number of unbranched alkanes of at least 4 members (excludes halogenated alkanes) is 8. The van der Waals surface area contributed by atoms with Crippen LogP contribution in [-0.4, -0.2) is 75.6 Å². The number of allylic oxidation sites excluding steroid dienone is 13. The standard InChI is InChI=1S/C43H74NO7P/c1-6-8-10-12-14-16-18-20-22-24-26-28-30-32-34-36-43(45)51-42(41-50-52(46,47)49-39-37-44(3,4)5)40-48-38-35-33-31-29-27-25-23-21-19-17-15-13-11-9-7-2/h8,10,13-16,19-22,26,28,32,34,42H,6-7,9,11-12,17-18,23-25,27,29-31,33,35-41H2,1-5H3/p+1/b10-8-,15-13-,16-14-,21-19-,22-20-,28-26-,34-32-. The molecule has 0 saturated carbocycles. The topological polar surface area (TPSA) is 91.3 Å². The van der Waals surface area contributed by atoms with Gasteiger partial charge in [0.05, 0.1) is 40.8 Å². The Morgan fingerprint density at radius 3 is 1.67 bits per heavy atom. The summed E-state index contributed by atoms with van der Waals surface area (Å²) < 4.78 is 34.7. The Hall–Kier alpha value is -2.32. The van der Waals surface area contributed by atoms with Crippen molar-refractivity contribution in [2.24, 2.45) is 0 Å². The highest BCUT2D eigenvalue weighted by Crippen LogP contribution is 2.43. The van der Waals surface area contributed by atoms with E-state index in [2.05, 4.69) is 86.8 Å². The van der Waals surface area contributed by atoms with Crippen LogP contribution in [0.5, 0.6) is 0 Å². The molecule has 0 aliphatic carbocycles. The molecule has 0 amide bonds. The van der Waals surface area contributed by atoms with E-state index in [0.29, 0.717) is 24.1 Å². The van der Waals surface area contributed by atoms with Gasteiger partial charge in [-0.2, -0.15) is 0 Å². The van der Waals surface area contributed by atoms with Crippen LogP contribution in [0.25, 0.3) is 0 Å².